The molecule has 0 bridgehead atoms. The zero-order valence-corrected chi connectivity index (χ0v) is 16.2. The minimum absolute atomic E-state index is 0.187. The highest BCUT2D eigenvalue weighted by Crippen LogP contribution is 2.20. The molecule has 0 spiro atoms. The van der Waals surface area contributed by atoms with Crippen molar-refractivity contribution < 1.29 is 19.1 Å². The van der Waals surface area contributed by atoms with E-state index in [9.17, 15) is 14.4 Å². The number of thiophene rings is 1. The first kappa shape index (κ1) is 19.8. The van der Waals surface area contributed by atoms with Gasteiger partial charge in [-0.1, -0.05) is 25.0 Å². The average Bonchev–Trinajstić information content (AvgIpc) is 3.39. The molecule has 2 N–H and O–H groups in total. The van der Waals surface area contributed by atoms with Gasteiger partial charge >= 0.3 is 5.97 Å². The Labute approximate surface area is 167 Å². The van der Waals surface area contributed by atoms with Gasteiger partial charge in [0.05, 0.1) is 11.3 Å². The van der Waals surface area contributed by atoms with Gasteiger partial charge < -0.3 is 15.4 Å². The summed E-state index contributed by atoms with van der Waals surface area (Å²) >= 11 is 1.52. The first-order valence-corrected chi connectivity index (χ1v) is 10.1. The zero-order chi connectivity index (χ0) is 19.8. The third-order valence-electron chi connectivity index (χ3n) is 4.44. The fourth-order valence-corrected chi connectivity index (χ4v) is 3.66. The standard InChI is InChI=1S/C21H22N2O4S/c24-19(13-27-20(25)10-9-15-11-12-28-14-15)23-18-8-4-3-7-17(18)21(26)22-16-5-1-2-6-16/h3-4,7-12,14,16H,1-2,5-6,13H2,(H,22,26)(H,23,24)/b10-9+. The van der Waals surface area contributed by atoms with Gasteiger partial charge in [-0.3, -0.25) is 9.59 Å². The SMILES string of the molecule is O=C(COC(=O)/C=C/c1ccsc1)Nc1ccccc1C(=O)NC1CCCC1. The molecule has 1 heterocycles. The minimum atomic E-state index is -0.603. The second-order valence-corrected chi connectivity index (χ2v) is 7.33. The number of ether oxygens (including phenoxy) is 1. The molecule has 6 nitrogen and oxygen atoms in total. The molecule has 7 heteroatoms. The summed E-state index contributed by atoms with van der Waals surface area (Å²) in [5, 5.41) is 9.44. The summed E-state index contributed by atoms with van der Waals surface area (Å²) in [7, 11) is 0. The van der Waals surface area contributed by atoms with Crippen LogP contribution in [0.4, 0.5) is 5.69 Å². The van der Waals surface area contributed by atoms with E-state index in [1.807, 2.05) is 16.8 Å². The van der Waals surface area contributed by atoms with E-state index >= 15 is 0 Å². The van der Waals surface area contributed by atoms with Crippen molar-refractivity contribution in [2.24, 2.45) is 0 Å². The fourth-order valence-electron chi connectivity index (χ4n) is 3.03. The molecule has 1 fully saturated rings. The highest BCUT2D eigenvalue weighted by molar-refractivity contribution is 7.08. The molecule has 1 saturated carbocycles. The summed E-state index contributed by atoms with van der Waals surface area (Å²) in [6.07, 6.45) is 7.10. The predicted molar refractivity (Wildman–Crippen MR) is 109 cm³/mol. The predicted octanol–water partition coefficient (Wildman–Crippen LogP) is 3.62. The third kappa shape index (κ3) is 5.79. The third-order valence-corrected chi connectivity index (χ3v) is 5.14. The molecule has 146 valence electrons. The highest BCUT2D eigenvalue weighted by atomic mass is 32.1. The Bertz CT molecular complexity index is 855. The van der Waals surface area contributed by atoms with Crippen molar-refractivity contribution in [1.29, 1.82) is 0 Å². The van der Waals surface area contributed by atoms with E-state index in [0.29, 0.717) is 11.3 Å². The largest absolute Gasteiger partial charge is 0.452 e. The van der Waals surface area contributed by atoms with Gasteiger partial charge in [-0.15, -0.1) is 0 Å². The van der Waals surface area contributed by atoms with Crippen molar-refractivity contribution in [2.75, 3.05) is 11.9 Å². The quantitative estimate of drug-likeness (QED) is 0.551. The number of benzene rings is 1. The average molecular weight is 398 g/mol. The lowest BCUT2D eigenvalue weighted by Gasteiger charge is -2.15. The molecule has 28 heavy (non-hydrogen) atoms. The van der Waals surface area contributed by atoms with Crippen LogP contribution in [0.15, 0.2) is 47.2 Å². The molecule has 0 saturated heterocycles. The molecule has 0 atom stereocenters. The Morgan fingerprint density at radius 2 is 1.93 bits per heavy atom. The molecule has 1 aliphatic carbocycles. The van der Waals surface area contributed by atoms with Gasteiger partial charge in [-0.25, -0.2) is 4.79 Å². The van der Waals surface area contributed by atoms with Crippen molar-refractivity contribution in [2.45, 2.75) is 31.7 Å². The Kier molecular flexibility index (Phi) is 6.97. The number of carbonyl (C=O) groups excluding carboxylic acids is 3. The van der Waals surface area contributed by atoms with Gasteiger partial charge in [-0.05, 0) is 53.4 Å². The van der Waals surface area contributed by atoms with E-state index in [-0.39, 0.29) is 11.9 Å². The molecule has 1 aromatic carbocycles. The summed E-state index contributed by atoms with van der Waals surface area (Å²) in [4.78, 5) is 36.4. The number of amides is 2. The molecule has 0 radical (unpaired) electrons. The number of rotatable bonds is 7. The second kappa shape index (κ2) is 9.85. The number of nitrogens with one attached hydrogen (secondary N) is 2. The van der Waals surface area contributed by atoms with Crippen molar-refractivity contribution >= 4 is 40.9 Å². The summed E-state index contributed by atoms with van der Waals surface area (Å²) in [5.74, 6) is -1.31. The lowest BCUT2D eigenvalue weighted by molar-refractivity contribution is -0.142. The van der Waals surface area contributed by atoms with E-state index in [2.05, 4.69) is 10.6 Å². The highest BCUT2D eigenvalue weighted by Gasteiger charge is 2.20. The van der Waals surface area contributed by atoms with Gasteiger partial charge in [0, 0.05) is 12.1 Å². The summed E-state index contributed by atoms with van der Waals surface area (Å²) in [6.45, 7) is -0.425. The normalized spacial score (nSPS) is 14.1. The zero-order valence-electron chi connectivity index (χ0n) is 15.4. The van der Waals surface area contributed by atoms with E-state index in [1.165, 1.54) is 17.4 Å². The molecule has 1 aliphatic rings. The molecule has 1 aromatic heterocycles. The van der Waals surface area contributed by atoms with Crippen LogP contribution in [0.5, 0.6) is 0 Å². The van der Waals surface area contributed by atoms with Crippen LogP contribution in [0, 0.1) is 0 Å². The number of hydrogen-bond acceptors (Lipinski definition) is 5. The second-order valence-electron chi connectivity index (χ2n) is 6.55. The van der Waals surface area contributed by atoms with Gasteiger partial charge in [0.25, 0.3) is 11.8 Å². The Hall–Kier alpha value is -2.93. The first-order chi connectivity index (χ1) is 13.6. The van der Waals surface area contributed by atoms with Crippen LogP contribution in [-0.2, 0) is 14.3 Å². The number of para-hydroxylation sites is 1. The minimum Gasteiger partial charge on any atom is -0.452 e. The van der Waals surface area contributed by atoms with Crippen LogP contribution in [0.3, 0.4) is 0 Å². The number of anilines is 1. The summed E-state index contributed by atoms with van der Waals surface area (Å²) in [6, 6.07) is 8.85. The topological polar surface area (TPSA) is 84.5 Å². The first-order valence-electron chi connectivity index (χ1n) is 9.18. The van der Waals surface area contributed by atoms with Crippen LogP contribution in [0.25, 0.3) is 6.08 Å². The van der Waals surface area contributed by atoms with Crippen molar-refractivity contribution in [3.63, 3.8) is 0 Å². The molecular weight excluding hydrogens is 376 g/mol. The Morgan fingerprint density at radius 3 is 2.68 bits per heavy atom. The van der Waals surface area contributed by atoms with Crippen LogP contribution >= 0.6 is 11.3 Å². The summed E-state index contributed by atoms with van der Waals surface area (Å²) < 4.78 is 4.95. The monoisotopic (exact) mass is 398 g/mol. The van der Waals surface area contributed by atoms with Gasteiger partial charge in [0.1, 0.15) is 0 Å². The maximum absolute atomic E-state index is 12.5. The molecule has 3 rings (SSSR count). The van der Waals surface area contributed by atoms with Gasteiger partial charge in [0.15, 0.2) is 6.61 Å². The number of carbonyl (C=O) groups is 3. The molecule has 0 unspecified atom stereocenters. The maximum Gasteiger partial charge on any atom is 0.331 e. The van der Waals surface area contributed by atoms with Crippen molar-refractivity contribution in [1.82, 2.24) is 5.32 Å². The van der Waals surface area contributed by atoms with Crippen LogP contribution in [0.2, 0.25) is 0 Å². The van der Waals surface area contributed by atoms with Gasteiger partial charge in [0.2, 0.25) is 0 Å². The molecule has 0 aliphatic heterocycles. The van der Waals surface area contributed by atoms with Crippen LogP contribution in [0.1, 0.15) is 41.6 Å². The smallest absolute Gasteiger partial charge is 0.331 e. The van der Waals surface area contributed by atoms with E-state index in [4.69, 9.17) is 4.74 Å². The lowest BCUT2D eigenvalue weighted by atomic mass is 10.1. The Balaban J connectivity index is 1.52. The van der Waals surface area contributed by atoms with Crippen molar-refractivity contribution in [3.8, 4) is 0 Å². The maximum atomic E-state index is 12.5. The number of esters is 1. The number of hydrogen-bond donors (Lipinski definition) is 2. The fraction of sp³-hybridized carbons (Fsp3) is 0.286. The van der Waals surface area contributed by atoms with E-state index < -0.39 is 18.5 Å². The summed E-state index contributed by atoms with van der Waals surface area (Å²) in [5.41, 5.74) is 1.69. The van der Waals surface area contributed by atoms with Gasteiger partial charge in [-0.2, -0.15) is 11.3 Å². The van der Waals surface area contributed by atoms with Crippen LogP contribution < -0.4 is 10.6 Å². The van der Waals surface area contributed by atoms with Crippen LogP contribution in [-0.4, -0.2) is 30.4 Å². The molecule has 2 amide bonds. The molecular formula is C21H22N2O4S. The lowest BCUT2D eigenvalue weighted by Crippen LogP contribution is -2.33. The van der Waals surface area contributed by atoms with E-state index in [0.717, 1.165) is 31.2 Å². The molecule has 2 aromatic rings. The Morgan fingerprint density at radius 1 is 1.14 bits per heavy atom. The van der Waals surface area contributed by atoms with Crippen molar-refractivity contribution in [3.05, 3.63) is 58.3 Å². The van der Waals surface area contributed by atoms with E-state index in [1.54, 1.807) is 30.3 Å².